The predicted octanol–water partition coefficient (Wildman–Crippen LogP) is 3.96. The Hall–Kier alpha value is -1.62. The number of rotatable bonds is 5. The van der Waals surface area contributed by atoms with Gasteiger partial charge in [0.05, 0.1) is 6.04 Å². The van der Waals surface area contributed by atoms with E-state index in [0.717, 1.165) is 18.7 Å². The summed E-state index contributed by atoms with van der Waals surface area (Å²) >= 11 is 6.09. The van der Waals surface area contributed by atoms with Gasteiger partial charge in [0.15, 0.2) is 0 Å². The van der Waals surface area contributed by atoms with Crippen LogP contribution in [0.15, 0.2) is 48.5 Å². The van der Waals surface area contributed by atoms with Crippen molar-refractivity contribution in [2.75, 3.05) is 13.1 Å². The van der Waals surface area contributed by atoms with Crippen LogP contribution in [0.25, 0.3) is 0 Å². The van der Waals surface area contributed by atoms with Crippen LogP contribution in [-0.2, 0) is 4.79 Å². The quantitative estimate of drug-likeness (QED) is 0.821. The van der Waals surface area contributed by atoms with Crippen molar-refractivity contribution >= 4 is 29.9 Å². The van der Waals surface area contributed by atoms with Gasteiger partial charge >= 0.3 is 0 Å². The molecule has 1 aliphatic heterocycles. The summed E-state index contributed by atoms with van der Waals surface area (Å²) < 4.78 is 13.7. The highest BCUT2D eigenvalue weighted by Crippen LogP contribution is 2.26. The molecule has 6 heteroatoms. The summed E-state index contributed by atoms with van der Waals surface area (Å²) in [6, 6.07) is 13.2. The third-order valence-electron chi connectivity index (χ3n) is 4.58. The molecule has 2 unspecified atom stereocenters. The van der Waals surface area contributed by atoms with Crippen LogP contribution in [0.4, 0.5) is 4.39 Å². The molecule has 0 aliphatic carbocycles. The van der Waals surface area contributed by atoms with E-state index in [1.807, 2.05) is 25.1 Å². The number of halogens is 3. The Labute approximate surface area is 158 Å². The average molecular weight is 383 g/mol. The van der Waals surface area contributed by atoms with Crippen LogP contribution >= 0.6 is 24.0 Å². The first-order valence-corrected chi connectivity index (χ1v) is 8.44. The highest BCUT2D eigenvalue weighted by molar-refractivity contribution is 6.30. The van der Waals surface area contributed by atoms with E-state index >= 15 is 0 Å². The first-order chi connectivity index (χ1) is 11.5. The minimum absolute atomic E-state index is 0. The summed E-state index contributed by atoms with van der Waals surface area (Å²) in [5, 5.41) is 6.83. The molecule has 3 rings (SSSR count). The molecule has 3 nitrogen and oxygen atoms in total. The van der Waals surface area contributed by atoms with Gasteiger partial charge in [-0.1, -0.05) is 42.8 Å². The zero-order valence-electron chi connectivity index (χ0n) is 13.8. The van der Waals surface area contributed by atoms with Crippen LogP contribution in [0, 0.1) is 17.7 Å². The molecule has 0 spiro atoms. The molecule has 1 heterocycles. The molecule has 1 saturated heterocycles. The highest BCUT2D eigenvalue weighted by Gasteiger charge is 2.30. The lowest BCUT2D eigenvalue weighted by Gasteiger charge is -2.33. The molecule has 1 amide bonds. The fourth-order valence-electron chi connectivity index (χ4n) is 2.88. The molecule has 134 valence electrons. The van der Waals surface area contributed by atoms with Crippen molar-refractivity contribution in [1.82, 2.24) is 10.6 Å². The summed E-state index contributed by atoms with van der Waals surface area (Å²) in [5.41, 5.74) is 1.53. The van der Waals surface area contributed by atoms with E-state index < -0.39 is 6.04 Å². The summed E-state index contributed by atoms with van der Waals surface area (Å²) in [7, 11) is 0. The summed E-state index contributed by atoms with van der Waals surface area (Å²) in [6.45, 7) is 3.65. The minimum Gasteiger partial charge on any atom is -0.345 e. The number of hydrogen-bond donors (Lipinski definition) is 2. The molecule has 0 radical (unpaired) electrons. The molecule has 2 aromatic rings. The molecular weight excluding hydrogens is 362 g/mol. The summed E-state index contributed by atoms with van der Waals surface area (Å²) in [5.74, 6) is -0.111. The second kappa shape index (κ2) is 8.65. The van der Waals surface area contributed by atoms with E-state index in [-0.39, 0.29) is 30.0 Å². The fraction of sp³-hybridized carbons (Fsp3) is 0.316. The minimum atomic E-state index is -0.428. The molecule has 0 aromatic heterocycles. The van der Waals surface area contributed by atoms with Crippen LogP contribution in [0.5, 0.6) is 0 Å². The average Bonchev–Trinajstić information content (AvgIpc) is 2.50. The van der Waals surface area contributed by atoms with Gasteiger partial charge in [-0.2, -0.15) is 0 Å². The number of carbonyl (C=O) groups excluding carboxylic acids is 1. The Balaban J connectivity index is 0.00000225. The van der Waals surface area contributed by atoms with Crippen molar-refractivity contribution in [3.63, 3.8) is 0 Å². The Bertz CT molecular complexity index is 691. The van der Waals surface area contributed by atoms with Crippen molar-refractivity contribution in [3.8, 4) is 0 Å². The predicted molar refractivity (Wildman–Crippen MR) is 101 cm³/mol. The Morgan fingerprint density at radius 1 is 1.20 bits per heavy atom. The standard InChI is InChI=1S/C19H20ClFN2O.ClH/c1-12(15-10-22-11-15)19(24)23-18(13-4-2-6-16(20)8-13)14-5-3-7-17(21)9-14;/h2-9,12,15,18,22H,10-11H2,1H3,(H,23,24);1H. The van der Waals surface area contributed by atoms with Crippen molar-refractivity contribution in [2.24, 2.45) is 11.8 Å². The molecule has 25 heavy (non-hydrogen) atoms. The van der Waals surface area contributed by atoms with Gasteiger partial charge in [0.2, 0.25) is 5.91 Å². The lowest BCUT2D eigenvalue weighted by molar-refractivity contribution is -0.127. The zero-order valence-corrected chi connectivity index (χ0v) is 15.4. The van der Waals surface area contributed by atoms with Gasteiger partial charge in [-0.05, 0) is 54.4 Å². The number of carbonyl (C=O) groups is 1. The second-order valence-corrected chi connectivity index (χ2v) is 6.70. The van der Waals surface area contributed by atoms with Crippen LogP contribution in [0.3, 0.4) is 0 Å². The van der Waals surface area contributed by atoms with Crippen molar-refractivity contribution < 1.29 is 9.18 Å². The molecule has 2 aromatic carbocycles. The molecule has 1 fully saturated rings. The van der Waals surface area contributed by atoms with Crippen molar-refractivity contribution in [1.29, 1.82) is 0 Å². The zero-order chi connectivity index (χ0) is 17.1. The monoisotopic (exact) mass is 382 g/mol. The third-order valence-corrected chi connectivity index (χ3v) is 4.82. The van der Waals surface area contributed by atoms with Gasteiger partial charge in [-0.15, -0.1) is 12.4 Å². The van der Waals surface area contributed by atoms with Crippen molar-refractivity contribution in [3.05, 3.63) is 70.5 Å². The van der Waals surface area contributed by atoms with Crippen molar-refractivity contribution in [2.45, 2.75) is 13.0 Å². The lowest BCUT2D eigenvalue weighted by atomic mass is 9.87. The topological polar surface area (TPSA) is 41.1 Å². The fourth-order valence-corrected chi connectivity index (χ4v) is 3.08. The van der Waals surface area contributed by atoms with Crippen LogP contribution in [0.1, 0.15) is 24.1 Å². The number of hydrogen-bond acceptors (Lipinski definition) is 2. The van der Waals surface area contributed by atoms with Crippen LogP contribution < -0.4 is 10.6 Å². The third kappa shape index (κ3) is 4.72. The van der Waals surface area contributed by atoms with E-state index in [1.54, 1.807) is 18.2 Å². The lowest BCUT2D eigenvalue weighted by Crippen LogP contribution is -2.50. The maximum absolute atomic E-state index is 13.7. The molecule has 0 saturated carbocycles. The van der Waals surface area contributed by atoms with Gasteiger partial charge in [0, 0.05) is 10.9 Å². The molecule has 1 aliphatic rings. The van der Waals surface area contributed by atoms with Gasteiger partial charge < -0.3 is 10.6 Å². The van der Waals surface area contributed by atoms with Gasteiger partial charge in [-0.25, -0.2) is 4.39 Å². The van der Waals surface area contributed by atoms with E-state index in [2.05, 4.69) is 10.6 Å². The highest BCUT2D eigenvalue weighted by atomic mass is 35.5. The molecular formula is C19H21Cl2FN2O. The second-order valence-electron chi connectivity index (χ2n) is 6.26. The van der Waals surface area contributed by atoms with Crippen LogP contribution in [0.2, 0.25) is 5.02 Å². The van der Waals surface area contributed by atoms with E-state index in [4.69, 9.17) is 11.6 Å². The number of amides is 1. The normalized spacial score (nSPS) is 16.3. The molecule has 0 bridgehead atoms. The van der Waals surface area contributed by atoms with Gasteiger partial charge in [-0.3, -0.25) is 4.79 Å². The van der Waals surface area contributed by atoms with Gasteiger partial charge in [0.1, 0.15) is 5.82 Å². The summed E-state index contributed by atoms with van der Waals surface area (Å²) in [4.78, 5) is 12.6. The maximum atomic E-state index is 13.7. The number of benzene rings is 2. The number of nitrogens with one attached hydrogen (secondary N) is 2. The maximum Gasteiger partial charge on any atom is 0.223 e. The van der Waals surface area contributed by atoms with E-state index in [9.17, 15) is 9.18 Å². The smallest absolute Gasteiger partial charge is 0.223 e. The molecule has 2 N–H and O–H groups in total. The Morgan fingerprint density at radius 2 is 1.84 bits per heavy atom. The van der Waals surface area contributed by atoms with E-state index in [0.29, 0.717) is 16.5 Å². The van der Waals surface area contributed by atoms with E-state index in [1.165, 1.54) is 12.1 Å². The first kappa shape index (κ1) is 19.7. The molecule has 2 atom stereocenters. The Kier molecular flexibility index (Phi) is 6.82. The van der Waals surface area contributed by atoms with Gasteiger partial charge in [0.25, 0.3) is 0 Å². The summed E-state index contributed by atoms with van der Waals surface area (Å²) in [6.07, 6.45) is 0. The largest absolute Gasteiger partial charge is 0.345 e. The SMILES string of the molecule is CC(C(=O)NC(c1cccc(F)c1)c1cccc(Cl)c1)C1CNC1.Cl. The first-order valence-electron chi connectivity index (χ1n) is 8.06. The Morgan fingerprint density at radius 3 is 2.40 bits per heavy atom. The van der Waals surface area contributed by atoms with Crippen LogP contribution in [-0.4, -0.2) is 19.0 Å².